The van der Waals surface area contributed by atoms with Gasteiger partial charge in [0.2, 0.25) is 0 Å². The Kier molecular flexibility index (Phi) is 7.75. The van der Waals surface area contributed by atoms with Crippen LogP contribution in [0.2, 0.25) is 0 Å². The van der Waals surface area contributed by atoms with Gasteiger partial charge in [0.15, 0.2) is 5.11 Å². The number of esters is 2. The molecule has 9 heteroatoms. The smallest absolute Gasteiger partial charge is 0.307 e. The molecule has 1 heterocycles. The van der Waals surface area contributed by atoms with Crippen LogP contribution in [-0.2, 0) is 19.1 Å². The predicted octanol–water partition coefficient (Wildman–Crippen LogP) is 1.02. The van der Waals surface area contributed by atoms with Crippen molar-refractivity contribution in [3.8, 4) is 0 Å². The molecule has 0 atom stereocenters. The van der Waals surface area contributed by atoms with Gasteiger partial charge in [-0.05, 0) is 12.2 Å². The highest BCUT2D eigenvalue weighted by Crippen LogP contribution is 2.19. The van der Waals surface area contributed by atoms with Crippen molar-refractivity contribution in [2.75, 3.05) is 26.1 Å². The van der Waals surface area contributed by atoms with Crippen molar-refractivity contribution in [2.24, 2.45) is 0 Å². The number of carbonyl (C=O) groups is 2. The summed E-state index contributed by atoms with van der Waals surface area (Å²) in [4.78, 5) is 23.0. The second kappa shape index (κ2) is 9.57. The molecule has 1 aromatic heterocycles. The minimum atomic E-state index is -0.500. The number of anilines is 1. The van der Waals surface area contributed by atoms with Crippen LogP contribution in [0.3, 0.4) is 0 Å². The van der Waals surface area contributed by atoms with Gasteiger partial charge in [0.05, 0.1) is 45.0 Å². The Morgan fingerprint density at radius 1 is 1.39 bits per heavy atom. The quantitative estimate of drug-likeness (QED) is 0.412. The first-order chi connectivity index (χ1) is 11.0. The van der Waals surface area contributed by atoms with Crippen LogP contribution in [0.5, 0.6) is 0 Å². The zero-order valence-corrected chi connectivity index (χ0v) is 13.9. The molecule has 1 rings (SSSR count). The minimum Gasteiger partial charge on any atom is -0.469 e. The number of ether oxygens (including phenoxy) is 2. The molecule has 0 aromatic carbocycles. The molecule has 0 amide bonds. The molecule has 0 aliphatic heterocycles. The van der Waals surface area contributed by atoms with Crippen LogP contribution in [0.15, 0.2) is 25.0 Å². The molecule has 23 heavy (non-hydrogen) atoms. The third kappa shape index (κ3) is 6.47. The third-order valence-corrected chi connectivity index (χ3v) is 3.15. The van der Waals surface area contributed by atoms with Gasteiger partial charge in [-0.1, -0.05) is 6.08 Å². The molecule has 1 aromatic rings. The maximum Gasteiger partial charge on any atom is 0.307 e. The first-order valence-corrected chi connectivity index (χ1v) is 7.24. The van der Waals surface area contributed by atoms with Gasteiger partial charge in [-0.15, -0.1) is 6.58 Å². The Labute approximate surface area is 139 Å². The number of rotatable bonds is 8. The lowest BCUT2D eigenvalue weighted by molar-refractivity contribution is -0.144. The fourth-order valence-electron chi connectivity index (χ4n) is 1.75. The first kappa shape index (κ1) is 18.6. The molecule has 0 fully saturated rings. The number of nitrogens with zero attached hydrogens (tertiary/aromatic N) is 2. The molecule has 8 nitrogen and oxygen atoms in total. The Hall–Kier alpha value is -2.42. The van der Waals surface area contributed by atoms with E-state index in [1.807, 2.05) is 0 Å². The summed E-state index contributed by atoms with van der Waals surface area (Å²) in [7, 11) is 2.58. The average Bonchev–Trinajstić information content (AvgIpc) is 3.00. The second-order valence-corrected chi connectivity index (χ2v) is 4.96. The summed E-state index contributed by atoms with van der Waals surface area (Å²) >= 11 is 5.10. The summed E-state index contributed by atoms with van der Waals surface area (Å²) in [5.74, 6) is -0.876. The SMILES string of the molecule is C=CCNC(=S)Nc1cnn(C(CC(=O)OC)CC(=O)OC)c1. The van der Waals surface area contributed by atoms with Crippen molar-refractivity contribution in [1.82, 2.24) is 15.1 Å². The highest BCUT2D eigenvalue weighted by Gasteiger charge is 2.21. The van der Waals surface area contributed by atoms with Gasteiger partial charge in [-0.2, -0.15) is 5.10 Å². The zero-order chi connectivity index (χ0) is 17.2. The van der Waals surface area contributed by atoms with E-state index in [0.717, 1.165) is 0 Å². The lowest BCUT2D eigenvalue weighted by Crippen LogP contribution is -2.28. The van der Waals surface area contributed by atoms with Crippen LogP contribution >= 0.6 is 12.2 Å². The summed E-state index contributed by atoms with van der Waals surface area (Å²) in [5.41, 5.74) is 0.631. The van der Waals surface area contributed by atoms with Gasteiger partial charge in [0.1, 0.15) is 0 Å². The summed E-state index contributed by atoms with van der Waals surface area (Å²) in [6, 6.07) is -0.500. The van der Waals surface area contributed by atoms with Crippen molar-refractivity contribution >= 4 is 35.0 Å². The van der Waals surface area contributed by atoms with E-state index in [1.165, 1.54) is 18.9 Å². The molecule has 0 radical (unpaired) electrons. The highest BCUT2D eigenvalue weighted by atomic mass is 32.1. The number of hydrogen-bond donors (Lipinski definition) is 2. The van der Waals surface area contributed by atoms with E-state index in [0.29, 0.717) is 17.3 Å². The molecule has 126 valence electrons. The van der Waals surface area contributed by atoms with Crippen LogP contribution in [0.4, 0.5) is 5.69 Å². The zero-order valence-electron chi connectivity index (χ0n) is 13.1. The predicted molar refractivity (Wildman–Crippen MR) is 89.0 cm³/mol. The Bertz CT molecular complexity index is 555. The molecule has 0 aliphatic carbocycles. The lowest BCUT2D eigenvalue weighted by Gasteiger charge is -2.15. The third-order valence-electron chi connectivity index (χ3n) is 2.90. The largest absolute Gasteiger partial charge is 0.469 e. The van der Waals surface area contributed by atoms with Gasteiger partial charge in [-0.25, -0.2) is 0 Å². The maximum atomic E-state index is 11.5. The van der Waals surface area contributed by atoms with Crippen LogP contribution < -0.4 is 10.6 Å². The molecule has 0 aliphatic rings. The second-order valence-electron chi connectivity index (χ2n) is 4.55. The average molecular weight is 340 g/mol. The summed E-state index contributed by atoms with van der Waals surface area (Å²) in [6.45, 7) is 4.12. The number of carbonyl (C=O) groups excluding carboxylic acids is 2. The van der Waals surface area contributed by atoms with Crippen LogP contribution in [0.1, 0.15) is 18.9 Å². The van der Waals surface area contributed by atoms with Crippen molar-refractivity contribution in [3.05, 3.63) is 25.0 Å². The van der Waals surface area contributed by atoms with E-state index in [-0.39, 0.29) is 12.8 Å². The van der Waals surface area contributed by atoms with Crippen molar-refractivity contribution in [3.63, 3.8) is 0 Å². The molecule has 2 N–H and O–H groups in total. The minimum absolute atomic E-state index is 0.00583. The number of thiocarbonyl (C=S) groups is 1. The number of aromatic nitrogens is 2. The summed E-state index contributed by atoms with van der Waals surface area (Å²) < 4.78 is 10.8. The monoisotopic (exact) mass is 340 g/mol. The van der Waals surface area contributed by atoms with Crippen LogP contribution in [0, 0.1) is 0 Å². The Balaban J connectivity index is 2.78. The van der Waals surface area contributed by atoms with Gasteiger partial charge in [-0.3, -0.25) is 14.3 Å². The first-order valence-electron chi connectivity index (χ1n) is 6.83. The summed E-state index contributed by atoms with van der Waals surface area (Å²) in [6.07, 6.45) is 4.89. The van der Waals surface area contributed by atoms with E-state index in [2.05, 4.69) is 31.8 Å². The fraction of sp³-hybridized carbons (Fsp3) is 0.429. The van der Waals surface area contributed by atoms with Gasteiger partial charge in [0, 0.05) is 12.7 Å². The molecule has 0 saturated carbocycles. The van der Waals surface area contributed by atoms with Crippen LogP contribution in [0.25, 0.3) is 0 Å². The van der Waals surface area contributed by atoms with Crippen LogP contribution in [-0.4, -0.2) is 47.6 Å². The maximum absolute atomic E-state index is 11.5. The van der Waals surface area contributed by atoms with Crippen molar-refractivity contribution in [1.29, 1.82) is 0 Å². The van der Waals surface area contributed by atoms with E-state index in [4.69, 9.17) is 12.2 Å². The Morgan fingerprint density at radius 2 is 2.00 bits per heavy atom. The molecule has 0 spiro atoms. The molecular formula is C14H20N4O4S. The Morgan fingerprint density at radius 3 is 2.52 bits per heavy atom. The van der Waals surface area contributed by atoms with E-state index in [1.54, 1.807) is 18.5 Å². The van der Waals surface area contributed by atoms with E-state index in [9.17, 15) is 9.59 Å². The van der Waals surface area contributed by atoms with E-state index >= 15 is 0 Å². The lowest BCUT2D eigenvalue weighted by atomic mass is 10.1. The van der Waals surface area contributed by atoms with Gasteiger partial charge >= 0.3 is 11.9 Å². The molecule has 0 saturated heterocycles. The standard InChI is InChI=1S/C14H20N4O4S/c1-4-5-15-14(23)17-10-8-16-18(9-10)11(6-12(19)21-2)7-13(20)22-3/h4,8-9,11H,1,5-7H2,2-3H3,(H2,15,17,23). The fourth-order valence-corrected chi connectivity index (χ4v) is 1.95. The molecule has 0 unspecified atom stereocenters. The number of methoxy groups -OCH3 is 2. The van der Waals surface area contributed by atoms with E-state index < -0.39 is 18.0 Å². The van der Waals surface area contributed by atoms with Gasteiger partial charge in [0.25, 0.3) is 0 Å². The topological polar surface area (TPSA) is 94.5 Å². The van der Waals surface area contributed by atoms with Crippen molar-refractivity contribution < 1.29 is 19.1 Å². The highest BCUT2D eigenvalue weighted by molar-refractivity contribution is 7.80. The normalized spacial score (nSPS) is 10.0. The van der Waals surface area contributed by atoms with Gasteiger partial charge < -0.3 is 20.1 Å². The number of hydrogen-bond acceptors (Lipinski definition) is 6. The van der Waals surface area contributed by atoms with Crippen molar-refractivity contribution in [2.45, 2.75) is 18.9 Å². The summed E-state index contributed by atoms with van der Waals surface area (Å²) in [5, 5.41) is 10.4. The number of nitrogens with one attached hydrogen (secondary N) is 2. The molecule has 0 bridgehead atoms. The molecular weight excluding hydrogens is 320 g/mol.